The van der Waals surface area contributed by atoms with Gasteiger partial charge < -0.3 is 20.3 Å². The number of ketones is 1. The third kappa shape index (κ3) is 5.20. The van der Waals surface area contributed by atoms with Gasteiger partial charge in [0.1, 0.15) is 29.2 Å². The number of Topliss-reactive ketones (excluding diaryl/α,β-unsaturated/α-hetero) is 1. The lowest BCUT2D eigenvalue weighted by Crippen LogP contribution is -2.35. The number of pyridine rings is 1. The van der Waals surface area contributed by atoms with Crippen LogP contribution in [0.5, 0.6) is 11.5 Å². The van der Waals surface area contributed by atoms with Crippen molar-refractivity contribution in [2.75, 3.05) is 6.61 Å². The van der Waals surface area contributed by atoms with Gasteiger partial charge in [0.05, 0.1) is 11.2 Å². The summed E-state index contributed by atoms with van der Waals surface area (Å²) in [5.74, 6) is -1.20. The molecule has 12 heteroatoms. The van der Waals surface area contributed by atoms with Gasteiger partial charge in [0.2, 0.25) is 0 Å². The minimum Gasteiger partial charge on any atom is -0.489 e. The number of fused-ring (bicyclic) bond motifs is 2. The summed E-state index contributed by atoms with van der Waals surface area (Å²) in [5.41, 5.74) is 6.01. The summed E-state index contributed by atoms with van der Waals surface area (Å²) >= 11 is 0. The van der Waals surface area contributed by atoms with Gasteiger partial charge in [-0.25, -0.2) is 9.37 Å². The topological polar surface area (TPSA) is 112 Å². The second-order valence-electron chi connectivity index (χ2n) is 11.3. The summed E-state index contributed by atoms with van der Waals surface area (Å²) in [5, 5.41) is 16.4. The van der Waals surface area contributed by atoms with Crippen molar-refractivity contribution in [3.8, 4) is 22.8 Å². The fourth-order valence-electron chi connectivity index (χ4n) is 5.57. The molecule has 0 amide bonds. The van der Waals surface area contributed by atoms with E-state index in [1.165, 1.54) is 29.1 Å². The van der Waals surface area contributed by atoms with Crippen molar-refractivity contribution in [3.63, 3.8) is 0 Å². The molecule has 3 N–H and O–H groups in total. The average molecular weight is 585 g/mol. The molecule has 3 heterocycles. The normalized spacial score (nSPS) is 19.8. The summed E-state index contributed by atoms with van der Waals surface area (Å²) in [7, 11) is 1.55. The Hall–Kier alpha value is -4.03. The Morgan fingerprint density at radius 3 is 2.60 bits per heavy atom. The maximum absolute atomic E-state index is 13.7. The second-order valence-corrected chi connectivity index (χ2v) is 11.3. The number of nitrogens with two attached hydrogens (primary N) is 1. The van der Waals surface area contributed by atoms with E-state index in [1.54, 1.807) is 32.2 Å². The van der Waals surface area contributed by atoms with Crippen molar-refractivity contribution < 1.29 is 36.9 Å². The van der Waals surface area contributed by atoms with Crippen LogP contribution < -0.4 is 15.2 Å². The fraction of sp³-hybridized carbons (Fsp3) is 0.367. The first-order valence-corrected chi connectivity index (χ1v) is 13.5. The number of rotatable bonds is 8. The van der Waals surface area contributed by atoms with Crippen LogP contribution in [0.4, 0.5) is 17.6 Å². The number of ether oxygens (including phenoxy) is 2. The highest BCUT2D eigenvalue weighted by molar-refractivity contribution is 6.01. The van der Waals surface area contributed by atoms with Gasteiger partial charge in [0.15, 0.2) is 17.3 Å². The van der Waals surface area contributed by atoms with E-state index in [9.17, 15) is 27.5 Å². The van der Waals surface area contributed by atoms with E-state index in [2.05, 4.69) is 9.84 Å². The summed E-state index contributed by atoms with van der Waals surface area (Å²) in [6.45, 7) is 1.98. The van der Waals surface area contributed by atoms with Gasteiger partial charge in [-0.3, -0.25) is 9.48 Å². The van der Waals surface area contributed by atoms with Crippen molar-refractivity contribution in [3.05, 3.63) is 71.3 Å². The first kappa shape index (κ1) is 28.1. The molecule has 2 atom stereocenters. The fourth-order valence-corrected chi connectivity index (χ4v) is 5.57. The molecule has 0 spiro atoms. The van der Waals surface area contributed by atoms with E-state index in [0.29, 0.717) is 46.5 Å². The highest BCUT2D eigenvalue weighted by Crippen LogP contribution is 2.51. The van der Waals surface area contributed by atoms with Crippen molar-refractivity contribution in [1.29, 1.82) is 0 Å². The molecule has 42 heavy (non-hydrogen) atoms. The summed E-state index contributed by atoms with van der Waals surface area (Å²) in [6.07, 6.45) is -2.28. The smallest absolute Gasteiger partial charge is 0.489 e. The standard InChI is InChI=1S/C30H28F4N4O4/c1-28(35)15-41-27-21(28)13-24(36-26(27)16-3-7-20(31)8-4-16)29(40,19-5-6-19)10-9-22(39)17-11-18-14-38(2)37-25(18)23(12-17)42-30(32,33)34/h3-4,7-8,11-14,19,40H,5-6,9-10,15,35H2,1-2H3/t28-,29+/m0/s1. The van der Waals surface area contributed by atoms with Crippen molar-refractivity contribution in [2.24, 2.45) is 18.7 Å². The number of carbonyl (C=O) groups is 1. The predicted octanol–water partition coefficient (Wildman–Crippen LogP) is 5.50. The van der Waals surface area contributed by atoms with Gasteiger partial charge in [-0.1, -0.05) is 0 Å². The van der Waals surface area contributed by atoms with Crippen LogP contribution in [-0.4, -0.2) is 38.6 Å². The zero-order valence-electron chi connectivity index (χ0n) is 22.8. The number of nitrogens with zero attached hydrogens (tertiary/aromatic N) is 3. The van der Waals surface area contributed by atoms with Crippen LogP contribution in [0, 0.1) is 11.7 Å². The number of hydrogen-bond donors (Lipinski definition) is 2. The average Bonchev–Trinajstić information content (AvgIpc) is 3.64. The number of benzene rings is 2. The van der Waals surface area contributed by atoms with Gasteiger partial charge in [0.25, 0.3) is 0 Å². The van der Waals surface area contributed by atoms with E-state index in [4.69, 9.17) is 15.5 Å². The molecule has 2 aliphatic rings. The van der Waals surface area contributed by atoms with Gasteiger partial charge in [-0.05, 0) is 74.6 Å². The highest BCUT2D eigenvalue weighted by atomic mass is 19.4. The molecule has 2 aromatic heterocycles. The molecule has 8 nitrogen and oxygen atoms in total. The Balaban J connectivity index is 1.35. The summed E-state index contributed by atoms with van der Waals surface area (Å²) < 4.78 is 64.4. The monoisotopic (exact) mass is 584 g/mol. The molecule has 1 aliphatic carbocycles. The van der Waals surface area contributed by atoms with Gasteiger partial charge >= 0.3 is 6.36 Å². The number of alkyl halides is 3. The molecular weight excluding hydrogens is 556 g/mol. The SMILES string of the molecule is Cn1cc2cc(C(=O)CC[C@](O)(c3cc4c(c(-c5ccc(F)cc5)n3)OC[C@]4(C)N)C3CC3)cc(OC(F)(F)F)c2n1. The molecule has 1 fully saturated rings. The third-order valence-corrected chi connectivity index (χ3v) is 7.89. The maximum atomic E-state index is 13.7. The molecule has 0 radical (unpaired) electrons. The molecule has 2 aromatic carbocycles. The molecule has 0 unspecified atom stereocenters. The van der Waals surface area contributed by atoms with E-state index in [-0.39, 0.29) is 36.4 Å². The molecule has 220 valence electrons. The van der Waals surface area contributed by atoms with Gasteiger partial charge in [-0.2, -0.15) is 5.10 Å². The lowest BCUT2D eigenvalue weighted by atomic mass is 9.83. The second kappa shape index (κ2) is 9.77. The van der Waals surface area contributed by atoms with E-state index >= 15 is 0 Å². The predicted molar refractivity (Wildman–Crippen MR) is 144 cm³/mol. The lowest BCUT2D eigenvalue weighted by molar-refractivity contribution is -0.274. The van der Waals surface area contributed by atoms with Crippen molar-refractivity contribution >= 4 is 16.7 Å². The molecular formula is C30H28F4N4O4. The quantitative estimate of drug-likeness (QED) is 0.208. The van der Waals surface area contributed by atoms with Crippen LogP contribution in [0.1, 0.15) is 54.2 Å². The zero-order chi connectivity index (χ0) is 30.0. The lowest BCUT2D eigenvalue weighted by Gasteiger charge is -2.29. The first-order valence-electron chi connectivity index (χ1n) is 13.5. The Bertz CT molecular complexity index is 1700. The number of aromatic nitrogens is 3. The molecule has 1 aliphatic heterocycles. The van der Waals surface area contributed by atoms with Crippen LogP contribution in [0.25, 0.3) is 22.2 Å². The summed E-state index contributed by atoms with van der Waals surface area (Å²) in [4.78, 5) is 18.1. The Kier molecular flexibility index (Phi) is 6.54. The van der Waals surface area contributed by atoms with Gasteiger partial charge in [0, 0.05) is 41.7 Å². The Morgan fingerprint density at radius 1 is 1.21 bits per heavy atom. The van der Waals surface area contributed by atoms with Crippen LogP contribution >= 0.6 is 0 Å². The molecule has 6 rings (SSSR count). The first-order chi connectivity index (χ1) is 19.7. The zero-order valence-corrected chi connectivity index (χ0v) is 22.8. The number of halogens is 4. The van der Waals surface area contributed by atoms with Gasteiger partial charge in [-0.15, -0.1) is 13.2 Å². The van der Waals surface area contributed by atoms with Crippen molar-refractivity contribution in [2.45, 2.75) is 50.1 Å². The van der Waals surface area contributed by atoms with Crippen LogP contribution in [-0.2, 0) is 18.2 Å². The number of aliphatic hydroxyl groups is 1. The molecule has 0 saturated heterocycles. The van der Waals surface area contributed by atoms with E-state index in [1.807, 2.05) is 0 Å². The Labute approximate surface area is 238 Å². The minimum absolute atomic E-state index is 0.00439. The number of carbonyl (C=O) groups excluding carboxylic acids is 1. The van der Waals surface area contributed by atoms with E-state index < -0.39 is 34.9 Å². The van der Waals surface area contributed by atoms with Crippen LogP contribution in [0.15, 0.2) is 48.7 Å². The van der Waals surface area contributed by atoms with Crippen LogP contribution in [0.2, 0.25) is 0 Å². The molecule has 1 saturated carbocycles. The maximum Gasteiger partial charge on any atom is 0.573 e. The molecule has 4 aromatic rings. The third-order valence-electron chi connectivity index (χ3n) is 7.89. The summed E-state index contributed by atoms with van der Waals surface area (Å²) in [6, 6.07) is 9.91. The molecule has 0 bridgehead atoms. The number of aryl methyl sites for hydroxylation is 1. The van der Waals surface area contributed by atoms with Crippen molar-refractivity contribution in [1.82, 2.24) is 14.8 Å². The minimum atomic E-state index is -4.97. The number of hydrogen-bond acceptors (Lipinski definition) is 7. The Morgan fingerprint density at radius 2 is 1.93 bits per heavy atom. The largest absolute Gasteiger partial charge is 0.573 e. The van der Waals surface area contributed by atoms with E-state index in [0.717, 1.165) is 6.07 Å². The highest BCUT2D eigenvalue weighted by Gasteiger charge is 2.48. The van der Waals surface area contributed by atoms with Crippen LogP contribution in [0.3, 0.4) is 0 Å².